The average Bonchev–Trinajstić information content (AvgIpc) is 2.81. The summed E-state index contributed by atoms with van der Waals surface area (Å²) in [4.78, 5) is 24.2. The van der Waals surface area contributed by atoms with E-state index in [0.717, 1.165) is 11.8 Å². The number of carboxylic acid groups (broad SMARTS) is 1. The number of methoxy groups -OCH3 is 1. The number of carboxylic acids is 1. The highest BCUT2D eigenvalue weighted by Gasteiger charge is 2.33. The molecule has 1 aliphatic heterocycles. The van der Waals surface area contributed by atoms with Crippen molar-refractivity contribution in [2.24, 2.45) is 0 Å². The number of benzene rings is 1. The molecule has 1 heterocycles. The molecule has 1 saturated heterocycles. The number of hydrogen-bond acceptors (Lipinski definition) is 5. The van der Waals surface area contributed by atoms with Gasteiger partial charge in [-0.15, -0.1) is 0 Å². The third kappa shape index (κ3) is 2.46. The Kier molecular flexibility index (Phi) is 3.96. The summed E-state index contributed by atoms with van der Waals surface area (Å²) in [5.74, 6) is -0.871. The van der Waals surface area contributed by atoms with Gasteiger partial charge in [0.15, 0.2) is 5.57 Å². The van der Waals surface area contributed by atoms with Crippen molar-refractivity contribution in [1.29, 1.82) is 5.26 Å². The summed E-state index contributed by atoms with van der Waals surface area (Å²) in [7, 11) is 1.52. The quantitative estimate of drug-likeness (QED) is 0.671. The van der Waals surface area contributed by atoms with E-state index >= 15 is 0 Å². The van der Waals surface area contributed by atoms with E-state index in [-0.39, 0.29) is 16.7 Å². The zero-order valence-electron chi connectivity index (χ0n) is 10.5. The standard InChI is InChI=1S/C13H10N2O4S/c1-19-9-4-2-8(3-5-9)15-11(16)7-20-12(15)10(6-14)13(17)18/h2-5H,7H2,1H3,(H,17,18)/b12-10+. The van der Waals surface area contributed by atoms with Crippen LogP contribution in [0.1, 0.15) is 0 Å². The lowest BCUT2D eigenvalue weighted by Gasteiger charge is -2.17. The number of nitrogens with zero attached hydrogens (tertiary/aromatic N) is 2. The van der Waals surface area contributed by atoms with Crippen LogP contribution in [0.3, 0.4) is 0 Å². The largest absolute Gasteiger partial charge is 0.497 e. The van der Waals surface area contributed by atoms with Gasteiger partial charge >= 0.3 is 5.97 Å². The molecule has 1 amide bonds. The third-order valence-electron chi connectivity index (χ3n) is 2.66. The monoisotopic (exact) mass is 290 g/mol. The molecular formula is C13H10N2O4S. The second-order valence-electron chi connectivity index (χ2n) is 3.81. The molecule has 0 aliphatic carbocycles. The van der Waals surface area contributed by atoms with E-state index in [4.69, 9.17) is 15.1 Å². The summed E-state index contributed by atoms with van der Waals surface area (Å²) in [5.41, 5.74) is 0.0708. The minimum absolute atomic E-state index is 0.111. The molecule has 0 radical (unpaired) electrons. The SMILES string of the molecule is COc1ccc(N2C(=O)CS/C2=C(\C#N)C(=O)O)cc1. The second-order valence-corrected chi connectivity index (χ2v) is 4.78. The van der Waals surface area contributed by atoms with E-state index in [2.05, 4.69) is 0 Å². The maximum absolute atomic E-state index is 11.9. The van der Waals surface area contributed by atoms with E-state index in [0.29, 0.717) is 11.4 Å². The summed E-state index contributed by atoms with van der Waals surface area (Å²) in [6.07, 6.45) is 0. The van der Waals surface area contributed by atoms with Crippen LogP contribution in [-0.2, 0) is 9.59 Å². The smallest absolute Gasteiger partial charge is 0.349 e. The number of hydrogen-bond donors (Lipinski definition) is 1. The predicted molar refractivity (Wildman–Crippen MR) is 73.2 cm³/mol. The molecule has 0 bridgehead atoms. The number of rotatable bonds is 3. The van der Waals surface area contributed by atoms with E-state index in [1.54, 1.807) is 30.3 Å². The minimum atomic E-state index is -1.34. The Bertz CT molecular complexity index is 631. The van der Waals surface area contributed by atoms with E-state index in [9.17, 15) is 9.59 Å². The fraction of sp³-hybridized carbons (Fsp3) is 0.154. The first-order valence-electron chi connectivity index (χ1n) is 5.56. The van der Waals surface area contributed by atoms with Crippen LogP contribution in [0.15, 0.2) is 34.9 Å². The lowest BCUT2D eigenvalue weighted by atomic mass is 10.2. The topological polar surface area (TPSA) is 90.6 Å². The van der Waals surface area contributed by atoms with Gasteiger partial charge in [0.2, 0.25) is 5.91 Å². The molecule has 6 nitrogen and oxygen atoms in total. The van der Waals surface area contributed by atoms with Gasteiger partial charge in [-0.2, -0.15) is 5.26 Å². The molecule has 7 heteroatoms. The number of anilines is 1. The van der Waals surface area contributed by atoms with Crippen LogP contribution in [0.25, 0.3) is 0 Å². The lowest BCUT2D eigenvalue weighted by Crippen LogP contribution is -2.25. The number of amides is 1. The first-order chi connectivity index (χ1) is 9.58. The third-order valence-corrected chi connectivity index (χ3v) is 3.71. The van der Waals surface area contributed by atoms with Crippen LogP contribution >= 0.6 is 11.8 Å². The zero-order chi connectivity index (χ0) is 14.7. The molecule has 20 heavy (non-hydrogen) atoms. The Balaban J connectivity index is 2.48. The van der Waals surface area contributed by atoms with Crippen molar-refractivity contribution in [3.05, 3.63) is 34.9 Å². The molecule has 0 unspecified atom stereocenters. The summed E-state index contributed by atoms with van der Waals surface area (Å²) < 4.78 is 5.03. The summed E-state index contributed by atoms with van der Waals surface area (Å²) in [6, 6.07) is 8.23. The fourth-order valence-corrected chi connectivity index (χ4v) is 2.74. The molecule has 1 fully saturated rings. The number of carbonyl (C=O) groups excluding carboxylic acids is 1. The molecule has 1 aliphatic rings. The van der Waals surface area contributed by atoms with Gasteiger partial charge in [0.25, 0.3) is 0 Å². The van der Waals surface area contributed by atoms with Crippen LogP contribution in [0, 0.1) is 11.3 Å². The Labute approximate surface area is 119 Å². The molecule has 0 saturated carbocycles. The summed E-state index contributed by atoms with van der Waals surface area (Å²) >= 11 is 1.05. The first-order valence-corrected chi connectivity index (χ1v) is 6.54. The molecule has 0 aromatic heterocycles. The predicted octanol–water partition coefficient (Wildman–Crippen LogP) is 1.59. The molecule has 0 atom stereocenters. The maximum atomic E-state index is 11.9. The number of ether oxygens (including phenoxy) is 1. The van der Waals surface area contributed by atoms with Crippen molar-refractivity contribution < 1.29 is 19.4 Å². The lowest BCUT2D eigenvalue weighted by molar-refractivity contribution is -0.132. The van der Waals surface area contributed by atoms with Crippen molar-refractivity contribution in [3.8, 4) is 11.8 Å². The molecule has 2 rings (SSSR count). The van der Waals surface area contributed by atoms with Crippen molar-refractivity contribution in [2.45, 2.75) is 0 Å². The van der Waals surface area contributed by atoms with Gasteiger partial charge in [-0.1, -0.05) is 11.8 Å². The second kappa shape index (κ2) is 5.67. The van der Waals surface area contributed by atoms with Crippen LogP contribution in [0.4, 0.5) is 5.69 Å². The van der Waals surface area contributed by atoms with E-state index in [1.165, 1.54) is 12.0 Å². The maximum Gasteiger partial charge on any atom is 0.349 e. The first kappa shape index (κ1) is 14.0. The Hall–Kier alpha value is -2.46. The van der Waals surface area contributed by atoms with E-state index in [1.807, 2.05) is 0 Å². The molecule has 1 N–H and O–H groups in total. The Morgan fingerprint density at radius 2 is 2.10 bits per heavy atom. The van der Waals surface area contributed by atoms with Gasteiger partial charge in [0, 0.05) is 5.69 Å². The van der Waals surface area contributed by atoms with Gasteiger partial charge in [0.05, 0.1) is 12.9 Å². The molecule has 0 spiro atoms. The van der Waals surface area contributed by atoms with Gasteiger partial charge in [-0.05, 0) is 24.3 Å². The van der Waals surface area contributed by atoms with Crippen LogP contribution in [0.2, 0.25) is 0 Å². The van der Waals surface area contributed by atoms with Gasteiger partial charge in [-0.25, -0.2) is 4.79 Å². The number of aliphatic carboxylic acids is 1. The highest BCUT2D eigenvalue weighted by molar-refractivity contribution is 8.04. The molecular weight excluding hydrogens is 280 g/mol. The van der Waals surface area contributed by atoms with Crippen LogP contribution in [-0.4, -0.2) is 29.8 Å². The Morgan fingerprint density at radius 3 is 2.60 bits per heavy atom. The van der Waals surface area contributed by atoms with Crippen LogP contribution in [0.5, 0.6) is 5.75 Å². The zero-order valence-corrected chi connectivity index (χ0v) is 11.3. The van der Waals surface area contributed by atoms with Crippen molar-refractivity contribution in [3.63, 3.8) is 0 Å². The van der Waals surface area contributed by atoms with Gasteiger partial charge in [0.1, 0.15) is 16.8 Å². The van der Waals surface area contributed by atoms with Gasteiger partial charge < -0.3 is 9.84 Å². The van der Waals surface area contributed by atoms with Crippen LogP contribution < -0.4 is 9.64 Å². The summed E-state index contributed by atoms with van der Waals surface area (Å²) in [6.45, 7) is 0. The molecule has 102 valence electrons. The number of thioether (sulfide) groups is 1. The molecule has 1 aromatic carbocycles. The minimum Gasteiger partial charge on any atom is -0.497 e. The Morgan fingerprint density at radius 1 is 1.45 bits per heavy atom. The normalized spacial score (nSPS) is 16.8. The van der Waals surface area contributed by atoms with Crippen molar-refractivity contribution in [2.75, 3.05) is 17.8 Å². The van der Waals surface area contributed by atoms with Crippen molar-refractivity contribution in [1.82, 2.24) is 0 Å². The van der Waals surface area contributed by atoms with Crippen molar-refractivity contribution >= 4 is 29.3 Å². The van der Waals surface area contributed by atoms with E-state index < -0.39 is 11.5 Å². The molecule has 1 aromatic rings. The number of nitriles is 1. The van der Waals surface area contributed by atoms with Gasteiger partial charge in [-0.3, -0.25) is 9.69 Å². The fourth-order valence-electron chi connectivity index (χ4n) is 1.74. The highest BCUT2D eigenvalue weighted by atomic mass is 32.2. The highest BCUT2D eigenvalue weighted by Crippen LogP contribution is 2.36. The summed E-state index contributed by atoms with van der Waals surface area (Å²) in [5, 5.41) is 18.1. The average molecular weight is 290 g/mol. The number of carbonyl (C=O) groups is 2.